The standard InChI is InChI=1S/C15H12ClNO2/c16-13-8-10(15(18)19)4-5-11(13)12-6-3-9-2-1-7-17-14(9)12/h1-2,4-5,7-8,12H,3,6H2,(H,18,19). The third kappa shape index (κ3) is 2.10. The van der Waals surface area contributed by atoms with Gasteiger partial charge in [-0.05, 0) is 42.2 Å². The van der Waals surface area contributed by atoms with Crippen LogP contribution in [-0.2, 0) is 6.42 Å². The molecule has 96 valence electrons. The summed E-state index contributed by atoms with van der Waals surface area (Å²) in [5.41, 5.74) is 3.50. The van der Waals surface area contributed by atoms with E-state index in [-0.39, 0.29) is 11.5 Å². The van der Waals surface area contributed by atoms with Crippen LogP contribution < -0.4 is 0 Å². The Labute approximate surface area is 115 Å². The predicted molar refractivity (Wildman–Crippen MR) is 72.8 cm³/mol. The number of nitrogens with zero attached hydrogens (tertiary/aromatic N) is 1. The van der Waals surface area contributed by atoms with Crippen molar-refractivity contribution in [3.05, 3.63) is 63.9 Å². The maximum absolute atomic E-state index is 10.9. The van der Waals surface area contributed by atoms with Gasteiger partial charge in [0.05, 0.1) is 11.3 Å². The maximum Gasteiger partial charge on any atom is 0.335 e. The molecule has 0 fully saturated rings. The molecule has 2 aromatic rings. The molecule has 1 heterocycles. The average molecular weight is 274 g/mol. The van der Waals surface area contributed by atoms with E-state index in [0.717, 1.165) is 24.1 Å². The van der Waals surface area contributed by atoms with Crippen LogP contribution >= 0.6 is 11.6 Å². The van der Waals surface area contributed by atoms with Crippen LogP contribution in [-0.4, -0.2) is 16.1 Å². The quantitative estimate of drug-likeness (QED) is 0.911. The van der Waals surface area contributed by atoms with Crippen molar-refractivity contribution in [1.29, 1.82) is 0 Å². The zero-order valence-electron chi connectivity index (χ0n) is 10.1. The average Bonchev–Trinajstić information content (AvgIpc) is 2.82. The molecule has 0 aliphatic heterocycles. The zero-order chi connectivity index (χ0) is 13.4. The van der Waals surface area contributed by atoms with Crippen molar-refractivity contribution in [3.63, 3.8) is 0 Å². The highest BCUT2D eigenvalue weighted by molar-refractivity contribution is 6.31. The Morgan fingerprint density at radius 1 is 1.37 bits per heavy atom. The lowest BCUT2D eigenvalue weighted by molar-refractivity contribution is 0.0697. The second-order valence-corrected chi connectivity index (χ2v) is 5.09. The molecule has 1 aromatic heterocycles. The van der Waals surface area contributed by atoms with Crippen LogP contribution in [0.1, 0.15) is 39.5 Å². The molecular weight excluding hydrogens is 262 g/mol. The second-order valence-electron chi connectivity index (χ2n) is 4.68. The molecule has 0 bridgehead atoms. The molecule has 3 nitrogen and oxygen atoms in total. The molecule has 0 spiro atoms. The van der Waals surface area contributed by atoms with Gasteiger partial charge in [-0.3, -0.25) is 4.98 Å². The molecule has 19 heavy (non-hydrogen) atoms. The highest BCUT2D eigenvalue weighted by Gasteiger charge is 2.26. The Morgan fingerprint density at radius 3 is 2.95 bits per heavy atom. The molecule has 0 saturated carbocycles. The Morgan fingerprint density at radius 2 is 2.21 bits per heavy atom. The Kier molecular flexibility index (Phi) is 2.99. The lowest BCUT2D eigenvalue weighted by atomic mass is 9.95. The summed E-state index contributed by atoms with van der Waals surface area (Å²) in [7, 11) is 0. The van der Waals surface area contributed by atoms with E-state index in [1.165, 1.54) is 11.6 Å². The number of halogens is 1. The predicted octanol–water partition coefficient (Wildman–Crippen LogP) is 3.51. The summed E-state index contributed by atoms with van der Waals surface area (Å²) >= 11 is 6.23. The minimum absolute atomic E-state index is 0.173. The van der Waals surface area contributed by atoms with Gasteiger partial charge in [0.1, 0.15) is 0 Å². The number of rotatable bonds is 2. The van der Waals surface area contributed by atoms with Crippen LogP contribution in [0.4, 0.5) is 0 Å². The lowest BCUT2D eigenvalue weighted by Crippen LogP contribution is -2.02. The van der Waals surface area contributed by atoms with Gasteiger partial charge in [-0.1, -0.05) is 23.7 Å². The van der Waals surface area contributed by atoms with Crippen molar-refractivity contribution in [3.8, 4) is 0 Å². The number of aromatic nitrogens is 1. The van der Waals surface area contributed by atoms with Gasteiger partial charge < -0.3 is 5.11 Å². The van der Waals surface area contributed by atoms with Crippen molar-refractivity contribution in [2.24, 2.45) is 0 Å². The smallest absolute Gasteiger partial charge is 0.335 e. The van der Waals surface area contributed by atoms with E-state index in [2.05, 4.69) is 11.1 Å². The number of pyridine rings is 1. The van der Waals surface area contributed by atoms with E-state index < -0.39 is 5.97 Å². The van der Waals surface area contributed by atoms with Crippen molar-refractivity contribution >= 4 is 17.6 Å². The van der Waals surface area contributed by atoms with E-state index in [0.29, 0.717) is 5.02 Å². The fourth-order valence-corrected chi connectivity index (χ4v) is 2.97. The normalized spacial score (nSPS) is 17.2. The van der Waals surface area contributed by atoms with Crippen LogP contribution in [0.15, 0.2) is 36.5 Å². The van der Waals surface area contributed by atoms with Gasteiger partial charge in [0, 0.05) is 17.1 Å². The fraction of sp³-hybridized carbons (Fsp3) is 0.200. The summed E-state index contributed by atoms with van der Waals surface area (Å²) in [6.07, 6.45) is 3.75. The summed E-state index contributed by atoms with van der Waals surface area (Å²) in [6.45, 7) is 0. The number of carboxylic acids is 1. The minimum Gasteiger partial charge on any atom is -0.478 e. The monoisotopic (exact) mass is 273 g/mol. The Hall–Kier alpha value is -1.87. The molecule has 4 heteroatoms. The number of hydrogen-bond acceptors (Lipinski definition) is 2. The summed E-state index contributed by atoms with van der Waals surface area (Å²) in [6, 6.07) is 8.95. The first-order valence-corrected chi connectivity index (χ1v) is 6.51. The van der Waals surface area contributed by atoms with Gasteiger partial charge in [0.15, 0.2) is 0 Å². The number of carboxylic acid groups (broad SMARTS) is 1. The number of fused-ring (bicyclic) bond motifs is 1. The molecule has 0 amide bonds. The van der Waals surface area contributed by atoms with Gasteiger partial charge in [0.25, 0.3) is 0 Å². The molecule has 1 N–H and O–H groups in total. The Balaban J connectivity index is 2.03. The van der Waals surface area contributed by atoms with Gasteiger partial charge in [0.2, 0.25) is 0 Å². The van der Waals surface area contributed by atoms with Gasteiger partial charge in [-0.15, -0.1) is 0 Å². The van der Waals surface area contributed by atoms with Gasteiger partial charge in [-0.25, -0.2) is 4.79 Å². The number of aromatic carboxylic acids is 1. The number of carbonyl (C=O) groups is 1. The first-order valence-electron chi connectivity index (χ1n) is 6.13. The molecule has 1 atom stereocenters. The van der Waals surface area contributed by atoms with E-state index >= 15 is 0 Å². The van der Waals surface area contributed by atoms with Crippen molar-refractivity contribution < 1.29 is 9.90 Å². The van der Waals surface area contributed by atoms with Crippen LogP contribution in [0, 0.1) is 0 Å². The first-order chi connectivity index (χ1) is 9.16. The summed E-state index contributed by atoms with van der Waals surface area (Å²) < 4.78 is 0. The molecule has 1 aliphatic rings. The van der Waals surface area contributed by atoms with Crippen LogP contribution in [0.5, 0.6) is 0 Å². The van der Waals surface area contributed by atoms with E-state index in [1.807, 2.05) is 6.07 Å². The molecule has 1 unspecified atom stereocenters. The Bertz CT molecular complexity index is 654. The third-order valence-corrected chi connectivity index (χ3v) is 3.91. The summed E-state index contributed by atoms with van der Waals surface area (Å²) in [4.78, 5) is 15.4. The lowest BCUT2D eigenvalue weighted by Gasteiger charge is -2.13. The highest BCUT2D eigenvalue weighted by atomic mass is 35.5. The molecule has 0 saturated heterocycles. The van der Waals surface area contributed by atoms with Gasteiger partial charge >= 0.3 is 5.97 Å². The second kappa shape index (κ2) is 4.67. The van der Waals surface area contributed by atoms with E-state index in [4.69, 9.17) is 16.7 Å². The SMILES string of the molecule is O=C(O)c1ccc(C2CCc3cccnc32)c(Cl)c1. The number of benzene rings is 1. The topological polar surface area (TPSA) is 50.2 Å². The molecule has 0 radical (unpaired) electrons. The number of aryl methyl sites for hydroxylation is 1. The minimum atomic E-state index is -0.960. The highest BCUT2D eigenvalue weighted by Crippen LogP contribution is 2.39. The molecule has 1 aliphatic carbocycles. The molecule has 1 aromatic carbocycles. The van der Waals surface area contributed by atoms with Gasteiger partial charge in [-0.2, -0.15) is 0 Å². The zero-order valence-corrected chi connectivity index (χ0v) is 10.9. The number of hydrogen-bond donors (Lipinski definition) is 1. The summed E-state index contributed by atoms with van der Waals surface area (Å²) in [5.74, 6) is -0.787. The fourth-order valence-electron chi connectivity index (χ4n) is 2.66. The largest absolute Gasteiger partial charge is 0.478 e. The van der Waals surface area contributed by atoms with Crippen molar-refractivity contribution in [2.45, 2.75) is 18.8 Å². The first kappa shape index (κ1) is 12.2. The maximum atomic E-state index is 10.9. The van der Waals surface area contributed by atoms with E-state index in [1.54, 1.807) is 18.3 Å². The summed E-state index contributed by atoms with van der Waals surface area (Å²) in [5, 5.41) is 9.46. The van der Waals surface area contributed by atoms with E-state index in [9.17, 15) is 4.79 Å². The van der Waals surface area contributed by atoms with Crippen molar-refractivity contribution in [1.82, 2.24) is 4.98 Å². The van der Waals surface area contributed by atoms with Crippen LogP contribution in [0.25, 0.3) is 0 Å². The van der Waals surface area contributed by atoms with Crippen molar-refractivity contribution in [2.75, 3.05) is 0 Å². The third-order valence-electron chi connectivity index (χ3n) is 3.58. The van der Waals surface area contributed by atoms with Crippen LogP contribution in [0.3, 0.4) is 0 Å². The van der Waals surface area contributed by atoms with Crippen LogP contribution in [0.2, 0.25) is 5.02 Å². The molecular formula is C15H12ClNO2. The molecule has 3 rings (SSSR count).